The molecule has 0 aliphatic rings. The molecule has 0 aliphatic heterocycles. The molecule has 3 aromatic carbocycles. The molecule has 0 amide bonds. The van der Waals surface area contributed by atoms with Gasteiger partial charge in [-0.05, 0) is 73.2 Å². The monoisotopic (exact) mass is 485 g/mol. The van der Waals surface area contributed by atoms with Crippen LogP contribution in [0.5, 0.6) is 11.5 Å². The molecule has 35 heavy (non-hydrogen) atoms. The number of hydrogen-bond acceptors (Lipinski definition) is 3. The van der Waals surface area contributed by atoms with Crippen molar-refractivity contribution in [3.05, 3.63) is 101 Å². The van der Waals surface area contributed by atoms with Gasteiger partial charge in [0.1, 0.15) is 35.3 Å². The molecule has 1 aromatic heterocycles. The molecule has 0 bridgehead atoms. The van der Waals surface area contributed by atoms with Crippen LogP contribution in [0.25, 0.3) is 16.9 Å². The van der Waals surface area contributed by atoms with Crippen molar-refractivity contribution in [2.75, 3.05) is 0 Å². The molecular weight excluding hydrogens is 466 g/mol. The zero-order valence-electron chi connectivity index (χ0n) is 18.3. The molecule has 0 spiro atoms. The summed E-state index contributed by atoms with van der Waals surface area (Å²) in [5.74, 6) is -2.48. The van der Waals surface area contributed by atoms with Gasteiger partial charge in [0.15, 0.2) is 0 Å². The van der Waals surface area contributed by atoms with Crippen LogP contribution in [0.15, 0.2) is 72.8 Å². The van der Waals surface area contributed by atoms with Gasteiger partial charge in [0, 0.05) is 16.9 Å². The molecule has 5 nitrogen and oxygen atoms in total. The highest BCUT2D eigenvalue weighted by Crippen LogP contribution is 2.36. The number of benzene rings is 3. The number of aromatic nitrogens is 1. The maximum atomic E-state index is 14.3. The van der Waals surface area contributed by atoms with Gasteiger partial charge in [-0.3, -0.25) is 0 Å². The third kappa shape index (κ3) is 5.29. The lowest BCUT2D eigenvalue weighted by Gasteiger charge is -2.17. The minimum Gasteiger partial charge on any atom is -0.488 e. The van der Waals surface area contributed by atoms with E-state index < -0.39 is 29.7 Å². The topological polar surface area (TPSA) is 60.7 Å². The third-order valence-electron chi connectivity index (χ3n) is 5.27. The number of carbonyl (C=O) groups is 1. The van der Waals surface area contributed by atoms with E-state index in [1.54, 1.807) is 35.8 Å². The number of carboxylic acid groups (broad SMARTS) is 1. The van der Waals surface area contributed by atoms with E-state index in [4.69, 9.17) is 4.74 Å². The third-order valence-corrected chi connectivity index (χ3v) is 5.27. The normalized spacial score (nSPS) is 11.0. The summed E-state index contributed by atoms with van der Waals surface area (Å²) in [6.07, 6.45) is 0. The molecule has 0 saturated carbocycles. The highest BCUT2D eigenvalue weighted by molar-refractivity contribution is 5.91. The van der Waals surface area contributed by atoms with Crippen LogP contribution in [-0.2, 0) is 6.61 Å². The van der Waals surface area contributed by atoms with Gasteiger partial charge in [-0.25, -0.2) is 13.6 Å². The standard InChI is InChI=1S/C26H19F4NO4/c1-15-2-9-22(31(15)19-8-11-24(35-26(29)30)21(13-19)25(32)33)20-12-18(28)7-10-23(20)34-14-16-3-5-17(27)6-4-16/h2-13,26H,14H2,1H3,(H,32,33). The summed E-state index contributed by atoms with van der Waals surface area (Å²) in [4.78, 5) is 11.7. The highest BCUT2D eigenvalue weighted by Gasteiger charge is 2.20. The van der Waals surface area contributed by atoms with Crippen molar-refractivity contribution in [2.45, 2.75) is 20.1 Å². The zero-order chi connectivity index (χ0) is 25.1. The van der Waals surface area contributed by atoms with Crippen molar-refractivity contribution >= 4 is 5.97 Å². The van der Waals surface area contributed by atoms with Gasteiger partial charge in [0.05, 0.1) is 5.69 Å². The number of rotatable bonds is 8. The number of aryl methyl sites for hydroxylation is 1. The number of ether oxygens (including phenoxy) is 2. The molecule has 9 heteroatoms. The van der Waals surface area contributed by atoms with E-state index in [1.165, 1.54) is 42.5 Å². The number of nitrogens with zero attached hydrogens (tertiary/aromatic N) is 1. The lowest BCUT2D eigenvalue weighted by Crippen LogP contribution is -2.09. The predicted molar refractivity (Wildman–Crippen MR) is 120 cm³/mol. The second-order valence-corrected chi connectivity index (χ2v) is 7.62. The van der Waals surface area contributed by atoms with Gasteiger partial charge >= 0.3 is 12.6 Å². The quantitative estimate of drug-likeness (QED) is 0.285. The fourth-order valence-electron chi connectivity index (χ4n) is 3.68. The Balaban J connectivity index is 1.76. The van der Waals surface area contributed by atoms with Crippen molar-refractivity contribution in [1.29, 1.82) is 0 Å². The molecular formula is C26H19F4NO4. The van der Waals surface area contributed by atoms with Crippen LogP contribution in [0.3, 0.4) is 0 Å². The summed E-state index contributed by atoms with van der Waals surface area (Å²) in [7, 11) is 0. The highest BCUT2D eigenvalue weighted by atomic mass is 19.3. The maximum absolute atomic E-state index is 14.3. The first-order valence-corrected chi connectivity index (χ1v) is 10.4. The van der Waals surface area contributed by atoms with Crippen LogP contribution in [0.1, 0.15) is 21.6 Å². The summed E-state index contributed by atoms with van der Waals surface area (Å²) < 4.78 is 64.7. The van der Waals surface area contributed by atoms with Crippen LogP contribution in [0, 0.1) is 18.6 Å². The fraction of sp³-hybridized carbons (Fsp3) is 0.115. The first-order chi connectivity index (χ1) is 16.7. The van der Waals surface area contributed by atoms with E-state index in [0.717, 1.165) is 6.07 Å². The first-order valence-electron chi connectivity index (χ1n) is 10.4. The molecule has 4 rings (SSSR count). The minimum atomic E-state index is -3.18. The molecule has 180 valence electrons. The molecule has 1 N–H and O–H groups in total. The van der Waals surface area contributed by atoms with Crippen LogP contribution in [0.2, 0.25) is 0 Å². The molecule has 4 aromatic rings. The Morgan fingerprint density at radius 1 is 0.914 bits per heavy atom. The summed E-state index contributed by atoms with van der Waals surface area (Å²) in [5.41, 5.74) is 2.13. The molecule has 0 fully saturated rings. The van der Waals surface area contributed by atoms with Crippen molar-refractivity contribution in [1.82, 2.24) is 4.57 Å². The summed E-state index contributed by atoms with van der Waals surface area (Å²) >= 11 is 0. The van der Waals surface area contributed by atoms with E-state index >= 15 is 0 Å². The molecule has 0 aliphatic carbocycles. The Hall–Kier alpha value is -4.27. The fourth-order valence-corrected chi connectivity index (χ4v) is 3.68. The Labute approximate surface area is 197 Å². The van der Waals surface area contributed by atoms with E-state index in [0.29, 0.717) is 34.0 Å². The predicted octanol–water partition coefficient (Wildman–Crippen LogP) is 6.61. The number of alkyl halides is 2. The van der Waals surface area contributed by atoms with Gasteiger partial charge in [0.2, 0.25) is 0 Å². The van der Waals surface area contributed by atoms with Gasteiger partial charge in [-0.2, -0.15) is 8.78 Å². The van der Waals surface area contributed by atoms with E-state index in [-0.39, 0.29) is 12.4 Å². The van der Waals surface area contributed by atoms with Gasteiger partial charge in [-0.15, -0.1) is 0 Å². The first kappa shape index (κ1) is 23.9. The minimum absolute atomic E-state index is 0.0986. The van der Waals surface area contributed by atoms with Crippen molar-refractivity contribution in [3.63, 3.8) is 0 Å². The second kappa shape index (κ2) is 9.92. The molecule has 0 saturated heterocycles. The second-order valence-electron chi connectivity index (χ2n) is 7.62. The number of aromatic carboxylic acids is 1. The average molecular weight is 485 g/mol. The van der Waals surface area contributed by atoms with E-state index in [2.05, 4.69) is 4.74 Å². The summed E-state index contributed by atoms with van der Waals surface area (Å²) in [6.45, 7) is -1.33. The summed E-state index contributed by atoms with van der Waals surface area (Å²) in [6, 6.07) is 17.0. The van der Waals surface area contributed by atoms with Crippen molar-refractivity contribution < 1.29 is 36.9 Å². The van der Waals surface area contributed by atoms with Gasteiger partial charge in [-0.1, -0.05) is 12.1 Å². The lowest BCUT2D eigenvalue weighted by molar-refractivity contribution is -0.0503. The molecule has 0 unspecified atom stereocenters. The van der Waals surface area contributed by atoms with Crippen LogP contribution in [-0.4, -0.2) is 22.3 Å². The van der Waals surface area contributed by atoms with Crippen molar-refractivity contribution in [2.24, 2.45) is 0 Å². The smallest absolute Gasteiger partial charge is 0.387 e. The van der Waals surface area contributed by atoms with Gasteiger partial charge < -0.3 is 19.1 Å². The molecule has 0 atom stereocenters. The Bertz CT molecular complexity index is 1370. The SMILES string of the molecule is Cc1ccc(-c2cc(F)ccc2OCc2ccc(F)cc2)n1-c1ccc(OC(F)F)c(C(=O)O)c1. The lowest BCUT2D eigenvalue weighted by atomic mass is 10.1. The number of halogens is 4. The average Bonchev–Trinajstić information content (AvgIpc) is 3.20. The maximum Gasteiger partial charge on any atom is 0.387 e. The Kier molecular flexibility index (Phi) is 6.77. The molecule has 0 radical (unpaired) electrons. The largest absolute Gasteiger partial charge is 0.488 e. The van der Waals surface area contributed by atoms with E-state index in [9.17, 15) is 27.5 Å². The Morgan fingerprint density at radius 3 is 2.29 bits per heavy atom. The van der Waals surface area contributed by atoms with Crippen LogP contribution >= 0.6 is 0 Å². The zero-order valence-corrected chi connectivity index (χ0v) is 18.3. The number of hydrogen-bond donors (Lipinski definition) is 1. The molecule has 1 heterocycles. The van der Waals surface area contributed by atoms with Crippen LogP contribution < -0.4 is 9.47 Å². The summed E-state index contributed by atoms with van der Waals surface area (Å²) in [5, 5.41) is 9.50. The van der Waals surface area contributed by atoms with Crippen molar-refractivity contribution in [3.8, 4) is 28.4 Å². The van der Waals surface area contributed by atoms with Gasteiger partial charge in [0.25, 0.3) is 0 Å². The van der Waals surface area contributed by atoms with E-state index in [1.807, 2.05) is 0 Å². The van der Waals surface area contributed by atoms with Crippen LogP contribution in [0.4, 0.5) is 17.6 Å². The number of carboxylic acids is 1. The Morgan fingerprint density at radius 2 is 1.60 bits per heavy atom.